The van der Waals surface area contributed by atoms with E-state index in [1.165, 1.54) is 11.8 Å². The first kappa shape index (κ1) is 15.0. The van der Waals surface area contributed by atoms with Crippen molar-refractivity contribution in [3.8, 4) is 0 Å². The average molecular weight is 272 g/mol. The SMILES string of the molecule is CC(C)Cc1nc(CSC(C(=O)O)C(C)C)no1. The van der Waals surface area contributed by atoms with Crippen LogP contribution in [0.1, 0.15) is 39.4 Å². The molecule has 0 saturated heterocycles. The van der Waals surface area contributed by atoms with Crippen molar-refractivity contribution >= 4 is 17.7 Å². The number of aromatic nitrogens is 2. The number of nitrogens with zero attached hydrogens (tertiary/aromatic N) is 2. The van der Waals surface area contributed by atoms with Crippen LogP contribution in [0.3, 0.4) is 0 Å². The minimum Gasteiger partial charge on any atom is -0.480 e. The van der Waals surface area contributed by atoms with E-state index in [1.54, 1.807) is 0 Å². The molecule has 1 heterocycles. The van der Waals surface area contributed by atoms with Crippen molar-refractivity contribution in [1.82, 2.24) is 10.1 Å². The van der Waals surface area contributed by atoms with Crippen LogP contribution < -0.4 is 0 Å². The van der Waals surface area contributed by atoms with Crippen LogP contribution in [0, 0.1) is 11.8 Å². The molecule has 0 aliphatic rings. The summed E-state index contributed by atoms with van der Waals surface area (Å²) in [6.07, 6.45) is 0.754. The predicted octanol–water partition coefficient (Wildman–Crippen LogP) is 2.61. The van der Waals surface area contributed by atoms with Gasteiger partial charge in [-0.3, -0.25) is 4.79 Å². The van der Waals surface area contributed by atoms with Crippen LogP contribution in [0.4, 0.5) is 0 Å². The number of carboxylic acids is 1. The minimum absolute atomic E-state index is 0.0783. The first-order valence-corrected chi connectivity index (χ1v) is 7.11. The number of thioether (sulfide) groups is 1. The molecule has 0 aliphatic carbocycles. The molecule has 1 aromatic rings. The third kappa shape index (κ3) is 4.68. The van der Waals surface area contributed by atoms with Crippen molar-refractivity contribution < 1.29 is 14.4 Å². The monoisotopic (exact) mass is 272 g/mol. The van der Waals surface area contributed by atoms with E-state index < -0.39 is 11.2 Å². The van der Waals surface area contributed by atoms with Gasteiger partial charge in [-0.25, -0.2) is 0 Å². The van der Waals surface area contributed by atoms with Gasteiger partial charge in [-0.15, -0.1) is 11.8 Å². The number of hydrogen-bond donors (Lipinski definition) is 1. The Hall–Kier alpha value is -1.04. The number of carbonyl (C=O) groups is 1. The summed E-state index contributed by atoms with van der Waals surface area (Å²) in [7, 11) is 0. The van der Waals surface area contributed by atoms with E-state index in [9.17, 15) is 4.79 Å². The van der Waals surface area contributed by atoms with E-state index in [1.807, 2.05) is 13.8 Å². The summed E-state index contributed by atoms with van der Waals surface area (Å²) in [4.78, 5) is 15.3. The highest BCUT2D eigenvalue weighted by Crippen LogP contribution is 2.23. The van der Waals surface area contributed by atoms with Crippen molar-refractivity contribution in [1.29, 1.82) is 0 Å². The Morgan fingerprint density at radius 2 is 2.06 bits per heavy atom. The standard InChI is InChI=1S/C12H20N2O3S/c1-7(2)5-10-13-9(14-17-10)6-18-11(8(3)4)12(15)16/h7-8,11H,5-6H2,1-4H3,(H,15,16). The van der Waals surface area contributed by atoms with Crippen LogP contribution in [0.2, 0.25) is 0 Å². The Morgan fingerprint density at radius 3 is 2.56 bits per heavy atom. The van der Waals surface area contributed by atoms with Crippen molar-refractivity contribution in [3.63, 3.8) is 0 Å². The molecule has 1 N–H and O–H groups in total. The number of carboxylic acid groups (broad SMARTS) is 1. The third-order valence-corrected chi connectivity index (χ3v) is 3.86. The maximum atomic E-state index is 11.0. The zero-order valence-corrected chi connectivity index (χ0v) is 12.0. The molecule has 0 bridgehead atoms. The van der Waals surface area contributed by atoms with E-state index in [2.05, 4.69) is 24.0 Å². The predicted molar refractivity (Wildman–Crippen MR) is 70.4 cm³/mol. The first-order chi connectivity index (χ1) is 8.40. The molecular weight excluding hydrogens is 252 g/mol. The molecule has 1 atom stereocenters. The fourth-order valence-corrected chi connectivity index (χ4v) is 2.47. The molecular formula is C12H20N2O3S. The van der Waals surface area contributed by atoms with Gasteiger partial charge in [-0.1, -0.05) is 32.9 Å². The smallest absolute Gasteiger partial charge is 0.316 e. The maximum absolute atomic E-state index is 11.0. The molecule has 1 unspecified atom stereocenters. The molecule has 5 nitrogen and oxygen atoms in total. The summed E-state index contributed by atoms with van der Waals surface area (Å²) < 4.78 is 5.11. The van der Waals surface area contributed by atoms with Gasteiger partial charge in [0, 0.05) is 6.42 Å². The van der Waals surface area contributed by atoms with E-state index in [4.69, 9.17) is 9.63 Å². The third-order valence-electron chi connectivity index (χ3n) is 2.33. The molecule has 0 spiro atoms. The quantitative estimate of drug-likeness (QED) is 0.822. The Balaban J connectivity index is 2.52. The second-order valence-corrected chi connectivity index (χ2v) is 6.15. The van der Waals surface area contributed by atoms with Gasteiger partial charge >= 0.3 is 5.97 Å². The van der Waals surface area contributed by atoms with Gasteiger partial charge in [-0.2, -0.15) is 4.98 Å². The fraction of sp³-hybridized carbons (Fsp3) is 0.750. The molecule has 6 heteroatoms. The summed E-state index contributed by atoms with van der Waals surface area (Å²) in [5.41, 5.74) is 0. The van der Waals surface area contributed by atoms with Gasteiger partial charge < -0.3 is 9.63 Å². The maximum Gasteiger partial charge on any atom is 0.316 e. The molecule has 0 aromatic carbocycles. The summed E-state index contributed by atoms with van der Waals surface area (Å²) in [6, 6.07) is 0. The lowest BCUT2D eigenvalue weighted by atomic mass is 10.1. The number of rotatable bonds is 7. The van der Waals surface area contributed by atoms with Crippen molar-refractivity contribution in [3.05, 3.63) is 11.7 Å². The lowest BCUT2D eigenvalue weighted by Gasteiger charge is -2.14. The largest absolute Gasteiger partial charge is 0.480 e. The van der Waals surface area contributed by atoms with Crippen LogP contribution in [0.15, 0.2) is 4.52 Å². The van der Waals surface area contributed by atoms with E-state index in [-0.39, 0.29) is 5.92 Å². The van der Waals surface area contributed by atoms with Gasteiger partial charge in [-0.05, 0) is 11.8 Å². The normalized spacial score (nSPS) is 13.2. The van der Waals surface area contributed by atoms with Gasteiger partial charge in [0.2, 0.25) is 5.89 Å². The van der Waals surface area contributed by atoms with Crippen molar-refractivity contribution in [2.75, 3.05) is 0 Å². The van der Waals surface area contributed by atoms with Crippen LogP contribution in [0.25, 0.3) is 0 Å². The van der Waals surface area contributed by atoms with Crippen LogP contribution in [-0.4, -0.2) is 26.5 Å². The molecule has 102 valence electrons. The summed E-state index contributed by atoms with van der Waals surface area (Å²) in [5, 5.41) is 12.5. The summed E-state index contributed by atoms with van der Waals surface area (Å²) in [5.74, 6) is 1.42. The topological polar surface area (TPSA) is 76.2 Å². The Kier molecular flexibility index (Phi) is 5.65. The summed E-state index contributed by atoms with van der Waals surface area (Å²) >= 11 is 1.34. The van der Waals surface area contributed by atoms with Gasteiger partial charge in [0.15, 0.2) is 5.82 Å². The van der Waals surface area contributed by atoms with Gasteiger partial charge in [0.25, 0.3) is 0 Å². The molecule has 0 radical (unpaired) electrons. The second kappa shape index (κ2) is 6.78. The number of aliphatic carboxylic acids is 1. The summed E-state index contributed by atoms with van der Waals surface area (Å²) in [6.45, 7) is 7.95. The molecule has 0 fully saturated rings. The molecule has 1 aromatic heterocycles. The van der Waals surface area contributed by atoms with Crippen molar-refractivity contribution in [2.24, 2.45) is 11.8 Å². The Bertz CT molecular complexity index is 390. The molecule has 0 aliphatic heterocycles. The number of hydrogen-bond acceptors (Lipinski definition) is 5. The van der Waals surface area contributed by atoms with E-state index >= 15 is 0 Å². The van der Waals surface area contributed by atoms with Crippen LogP contribution in [-0.2, 0) is 17.0 Å². The zero-order valence-electron chi connectivity index (χ0n) is 11.2. The van der Waals surface area contributed by atoms with E-state index in [0.29, 0.717) is 23.4 Å². The van der Waals surface area contributed by atoms with Gasteiger partial charge in [0.05, 0.1) is 5.75 Å². The minimum atomic E-state index is -0.791. The zero-order chi connectivity index (χ0) is 13.7. The average Bonchev–Trinajstić information content (AvgIpc) is 2.63. The molecule has 1 rings (SSSR count). The highest BCUT2D eigenvalue weighted by Gasteiger charge is 2.22. The van der Waals surface area contributed by atoms with Crippen molar-refractivity contribution in [2.45, 2.75) is 45.1 Å². The van der Waals surface area contributed by atoms with Gasteiger partial charge in [0.1, 0.15) is 5.25 Å². The fourth-order valence-electron chi connectivity index (χ4n) is 1.49. The first-order valence-electron chi connectivity index (χ1n) is 6.06. The molecule has 0 saturated carbocycles. The lowest BCUT2D eigenvalue weighted by molar-refractivity contribution is -0.137. The highest BCUT2D eigenvalue weighted by molar-refractivity contribution is 7.99. The molecule has 0 amide bonds. The van der Waals surface area contributed by atoms with Crippen LogP contribution >= 0.6 is 11.8 Å². The second-order valence-electron chi connectivity index (χ2n) is 5.02. The lowest BCUT2D eigenvalue weighted by Crippen LogP contribution is -2.22. The Morgan fingerprint density at radius 1 is 1.39 bits per heavy atom. The molecule has 18 heavy (non-hydrogen) atoms. The van der Waals surface area contributed by atoms with E-state index in [0.717, 1.165) is 6.42 Å². The van der Waals surface area contributed by atoms with Crippen LogP contribution in [0.5, 0.6) is 0 Å². The highest BCUT2D eigenvalue weighted by atomic mass is 32.2. The Labute approximate surface area is 111 Å².